The number of nitro groups is 1. The fraction of sp³-hybridized carbons (Fsp3) is 0.182. The van der Waals surface area contributed by atoms with Crippen LogP contribution >= 0.6 is 0 Å². The molecule has 108 valence electrons. The lowest BCUT2D eigenvalue weighted by molar-refractivity contribution is -0.385. The second-order valence-corrected chi connectivity index (χ2v) is 3.79. The molecule has 0 saturated heterocycles. The van der Waals surface area contributed by atoms with E-state index in [0.717, 1.165) is 12.1 Å². The lowest BCUT2D eigenvalue weighted by atomic mass is 10.2. The van der Waals surface area contributed by atoms with E-state index in [0.29, 0.717) is 12.1 Å². The number of hydrogen-bond donors (Lipinski definition) is 2. The van der Waals surface area contributed by atoms with Crippen molar-refractivity contribution in [3.8, 4) is 5.75 Å². The molecule has 0 unspecified atom stereocenters. The third kappa shape index (κ3) is 3.97. The van der Waals surface area contributed by atoms with Crippen LogP contribution in [0.15, 0.2) is 30.0 Å². The van der Waals surface area contributed by atoms with Gasteiger partial charge in [0, 0.05) is 17.8 Å². The van der Waals surface area contributed by atoms with Gasteiger partial charge in [0.25, 0.3) is 0 Å². The molecule has 0 bridgehead atoms. The third-order valence-corrected chi connectivity index (χ3v) is 2.06. The summed E-state index contributed by atoms with van der Waals surface area (Å²) in [5, 5.41) is 18.1. The highest BCUT2D eigenvalue weighted by atomic mass is 19.4. The third-order valence-electron chi connectivity index (χ3n) is 2.06. The molecule has 1 aromatic rings. The van der Waals surface area contributed by atoms with Crippen molar-refractivity contribution >= 4 is 11.6 Å². The maximum absolute atomic E-state index is 12.5. The van der Waals surface area contributed by atoms with Gasteiger partial charge < -0.3 is 10.5 Å². The van der Waals surface area contributed by atoms with E-state index in [1.165, 1.54) is 6.92 Å². The van der Waals surface area contributed by atoms with E-state index in [1.54, 1.807) is 0 Å². The fourth-order valence-corrected chi connectivity index (χ4v) is 1.28. The Labute approximate surface area is 111 Å². The summed E-state index contributed by atoms with van der Waals surface area (Å²) in [5.41, 5.74) is 3.44. The summed E-state index contributed by atoms with van der Waals surface area (Å²) in [6.07, 6.45) is -3.63. The van der Waals surface area contributed by atoms with Gasteiger partial charge >= 0.3 is 11.9 Å². The van der Waals surface area contributed by atoms with Crippen LogP contribution in [0.2, 0.25) is 0 Å². The molecule has 3 N–H and O–H groups in total. The molecular weight excluding hydrogens is 279 g/mol. The van der Waals surface area contributed by atoms with Crippen molar-refractivity contribution in [3.05, 3.63) is 45.6 Å². The van der Waals surface area contributed by atoms with E-state index in [-0.39, 0.29) is 5.70 Å². The normalized spacial score (nSPS) is 12.1. The number of nitro benzene ring substituents is 1. The standard InChI is InChI=1S/C11H10F3N3O3/c1-6(15)4-10(16)20-9-3-2-7(11(12,13)14)5-8(9)17(18)19/h2-5,16H,15H2,1H3/b6-4-,16-10?. The van der Waals surface area contributed by atoms with Crippen molar-refractivity contribution in [2.45, 2.75) is 13.1 Å². The quantitative estimate of drug-likeness (QED) is 0.386. The zero-order chi connectivity index (χ0) is 15.5. The second kappa shape index (κ2) is 5.59. The number of halogens is 3. The van der Waals surface area contributed by atoms with Crippen LogP contribution in [0.4, 0.5) is 18.9 Å². The molecule has 0 aliphatic carbocycles. The van der Waals surface area contributed by atoms with Crippen molar-refractivity contribution in [1.29, 1.82) is 5.41 Å². The molecule has 20 heavy (non-hydrogen) atoms. The molecule has 0 fully saturated rings. The summed E-state index contributed by atoms with van der Waals surface area (Å²) < 4.78 is 42.2. The molecule has 0 heterocycles. The highest BCUT2D eigenvalue weighted by Gasteiger charge is 2.33. The second-order valence-electron chi connectivity index (χ2n) is 3.79. The monoisotopic (exact) mass is 289 g/mol. The van der Waals surface area contributed by atoms with Crippen LogP contribution < -0.4 is 10.5 Å². The first-order chi connectivity index (χ1) is 9.11. The smallest absolute Gasteiger partial charge is 0.416 e. The number of hydrogen-bond acceptors (Lipinski definition) is 5. The van der Waals surface area contributed by atoms with Gasteiger partial charge in [0.2, 0.25) is 11.6 Å². The molecule has 0 aliphatic rings. The Morgan fingerprint density at radius 2 is 2.10 bits per heavy atom. The largest absolute Gasteiger partial charge is 0.432 e. The SMILES string of the molecule is C/C(N)=C/C(=N)Oc1ccc(C(F)(F)F)cc1[N+](=O)[O-]. The van der Waals surface area contributed by atoms with Crippen molar-refractivity contribution in [3.63, 3.8) is 0 Å². The molecule has 0 spiro atoms. The van der Waals surface area contributed by atoms with Gasteiger partial charge in [-0.2, -0.15) is 13.2 Å². The van der Waals surface area contributed by atoms with Crippen LogP contribution in [0.1, 0.15) is 12.5 Å². The van der Waals surface area contributed by atoms with Crippen LogP contribution in [0, 0.1) is 15.5 Å². The Balaban J connectivity index is 3.18. The molecule has 0 atom stereocenters. The predicted molar refractivity (Wildman–Crippen MR) is 64.4 cm³/mol. The number of benzene rings is 1. The maximum Gasteiger partial charge on any atom is 0.416 e. The first kappa shape index (κ1) is 15.5. The van der Waals surface area contributed by atoms with Gasteiger partial charge in [0.15, 0.2) is 0 Å². The average molecular weight is 289 g/mol. The Kier molecular flexibility index (Phi) is 4.33. The summed E-state index contributed by atoms with van der Waals surface area (Å²) in [6.45, 7) is 1.46. The van der Waals surface area contributed by atoms with Gasteiger partial charge in [-0.25, -0.2) is 0 Å². The minimum Gasteiger partial charge on any atom is -0.432 e. The van der Waals surface area contributed by atoms with Crippen molar-refractivity contribution in [2.75, 3.05) is 0 Å². The average Bonchev–Trinajstić information content (AvgIpc) is 2.26. The minimum absolute atomic E-state index is 0.213. The van der Waals surface area contributed by atoms with E-state index in [1.807, 2.05) is 0 Å². The molecular formula is C11H10F3N3O3. The van der Waals surface area contributed by atoms with E-state index in [4.69, 9.17) is 15.9 Å². The summed E-state index contributed by atoms with van der Waals surface area (Å²) in [5.74, 6) is -0.988. The van der Waals surface area contributed by atoms with Gasteiger partial charge in [-0.3, -0.25) is 15.5 Å². The number of nitrogens with two attached hydrogens (primary N) is 1. The Morgan fingerprint density at radius 3 is 2.55 bits per heavy atom. The Morgan fingerprint density at radius 1 is 1.50 bits per heavy atom. The summed E-state index contributed by atoms with van der Waals surface area (Å²) in [6, 6.07) is 1.77. The first-order valence-corrected chi connectivity index (χ1v) is 5.17. The lowest BCUT2D eigenvalue weighted by Crippen LogP contribution is -2.10. The zero-order valence-electron chi connectivity index (χ0n) is 10.2. The zero-order valence-corrected chi connectivity index (χ0v) is 10.2. The maximum atomic E-state index is 12.5. The van der Waals surface area contributed by atoms with Crippen molar-refractivity contribution < 1.29 is 22.8 Å². The highest BCUT2D eigenvalue weighted by Crippen LogP contribution is 2.36. The molecule has 1 aromatic carbocycles. The highest BCUT2D eigenvalue weighted by molar-refractivity contribution is 5.87. The minimum atomic E-state index is -4.70. The summed E-state index contributed by atoms with van der Waals surface area (Å²) in [4.78, 5) is 9.74. The van der Waals surface area contributed by atoms with Gasteiger partial charge in [0.1, 0.15) is 0 Å². The van der Waals surface area contributed by atoms with Gasteiger partial charge in [-0.05, 0) is 19.1 Å². The van der Waals surface area contributed by atoms with Crippen molar-refractivity contribution in [1.82, 2.24) is 0 Å². The topological polar surface area (TPSA) is 102 Å². The van der Waals surface area contributed by atoms with Crippen LogP contribution in [0.25, 0.3) is 0 Å². The number of rotatable bonds is 3. The van der Waals surface area contributed by atoms with E-state index >= 15 is 0 Å². The van der Waals surface area contributed by atoms with Crippen LogP contribution in [0.5, 0.6) is 5.75 Å². The molecule has 1 rings (SSSR count). The first-order valence-electron chi connectivity index (χ1n) is 5.17. The summed E-state index contributed by atoms with van der Waals surface area (Å²) in [7, 11) is 0. The van der Waals surface area contributed by atoms with Crippen LogP contribution in [0.3, 0.4) is 0 Å². The van der Waals surface area contributed by atoms with Crippen molar-refractivity contribution in [2.24, 2.45) is 5.73 Å². The predicted octanol–water partition coefficient (Wildman–Crippen LogP) is 2.83. The molecule has 0 aliphatic heterocycles. The molecule has 0 radical (unpaired) electrons. The molecule has 6 nitrogen and oxygen atoms in total. The van der Waals surface area contributed by atoms with Crippen LogP contribution in [-0.2, 0) is 6.18 Å². The fourth-order valence-electron chi connectivity index (χ4n) is 1.28. The molecule has 0 amide bonds. The van der Waals surface area contributed by atoms with Gasteiger partial charge in [-0.15, -0.1) is 0 Å². The van der Waals surface area contributed by atoms with E-state index in [9.17, 15) is 23.3 Å². The van der Waals surface area contributed by atoms with Gasteiger partial charge in [-0.1, -0.05) is 0 Å². The van der Waals surface area contributed by atoms with E-state index in [2.05, 4.69) is 0 Å². The summed E-state index contributed by atoms with van der Waals surface area (Å²) >= 11 is 0. The van der Waals surface area contributed by atoms with E-state index < -0.39 is 34.0 Å². The number of nitrogens with one attached hydrogen (secondary N) is 1. The molecule has 0 aromatic heterocycles. The Hall–Kier alpha value is -2.58. The van der Waals surface area contributed by atoms with Crippen LogP contribution in [-0.4, -0.2) is 10.8 Å². The molecule has 9 heteroatoms. The lowest BCUT2D eigenvalue weighted by Gasteiger charge is -2.09. The number of alkyl halides is 3. The number of allylic oxidation sites excluding steroid dienone is 1. The molecule has 0 saturated carbocycles. The Bertz CT molecular complexity index is 578. The van der Waals surface area contributed by atoms with Gasteiger partial charge in [0.05, 0.1) is 10.5 Å². The number of nitrogens with zero attached hydrogens (tertiary/aromatic N) is 1. The number of ether oxygens (including phenoxy) is 1.